The molecular formula is C26H33FO. The monoisotopic (exact) mass is 380 g/mol. The molecule has 0 radical (unpaired) electrons. The van der Waals surface area contributed by atoms with E-state index in [1.807, 2.05) is 0 Å². The van der Waals surface area contributed by atoms with Crippen molar-refractivity contribution in [2.45, 2.75) is 64.2 Å². The normalized spacial score (nSPS) is 19.8. The highest BCUT2D eigenvalue weighted by molar-refractivity contribution is 5.64. The lowest BCUT2D eigenvalue weighted by atomic mass is 9.77. The van der Waals surface area contributed by atoms with E-state index in [9.17, 15) is 4.39 Å². The summed E-state index contributed by atoms with van der Waals surface area (Å²) in [7, 11) is 0. The predicted octanol–water partition coefficient (Wildman–Crippen LogP) is 8.07. The number of allylic oxidation sites excluding steroid dienone is 1. The van der Waals surface area contributed by atoms with Crippen molar-refractivity contribution in [3.05, 3.63) is 66.5 Å². The van der Waals surface area contributed by atoms with Crippen molar-refractivity contribution in [3.63, 3.8) is 0 Å². The lowest BCUT2D eigenvalue weighted by molar-refractivity contribution is 0.306. The van der Waals surface area contributed by atoms with Gasteiger partial charge in [0.15, 0.2) is 0 Å². The van der Waals surface area contributed by atoms with Crippen LogP contribution in [0.3, 0.4) is 0 Å². The molecule has 0 unspecified atom stereocenters. The molecule has 2 aromatic rings. The summed E-state index contributed by atoms with van der Waals surface area (Å²) in [5.74, 6) is 2.26. The minimum absolute atomic E-state index is 0.651. The third-order valence-corrected chi connectivity index (χ3v) is 5.99. The van der Waals surface area contributed by atoms with Gasteiger partial charge in [-0.05, 0) is 79.2 Å². The molecule has 3 rings (SSSR count). The smallest absolute Gasteiger partial charge is 0.119 e. The van der Waals surface area contributed by atoms with Crippen LogP contribution in [0.15, 0.2) is 60.9 Å². The van der Waals surface area contributed by atoms with E-state index in [-0.39, 0.29) is 0 Å². The first-order valence-electron chi connectivity index (χ1n) is 10.9. The van der Waals surface area contributed by atoms with E-state index in [4.69, 9.17) is 4.74 Å². The summed E-state index contributed by atoms with van der Waals surface area (Å²) in [5, 5.41) is 0. The zero-order chi connectivity index (χ0) is 19.6. The third kappa shape index (κ3) is 5.95. The molecule has 1 fully saturated rings. The zero-order valence-corrected chi connectivity index (χ0v) is 17.1. The van der Waals surface area contributed by atoms with E-state index in [1.54, 1.807) is 6.08 Å². The molecule has 2 aromatic carbocycles. The number of hydrogen-bond donors (Lipinski definition) is 0. The van der Waals surface area contributed by atoms with Crippen molar-refractivity contribution < 1.29 is 9.13 Å². The van der Waals surface area contributed by atoms with Crippen LogP contribution in [0.2, 0.25) is 0 Å². The minimum atomic E-state index is 0.651. The third-order valence-electron chi connectivity index (χ3n) is 5.99. The lowest BCUT2D eigenvalue weighted by Crippen LogP contribution is -2.12. The standard InChI is InChI=1S/C26H33FO/c1-2-3-4-20-28-26-17-15-25(16-18-26)24-13-11-23(12-14-24)22-9-7-21(8-10-22)6-5-19-27/h5,11-19,21-22H,2-4,6-10,20H2,1H3/b19-5+/t21-,22-. The molecule has 28 heavy (non-hydrogen) atoms. The van der Waals surface area contributed by atoms with Crippen molar-refractivity contribution in [1.82, 2.24) is 0 Å². The molecule has 1 saturated carbocycles. The van der Waals surface area contributed by atoms with E-state index in [1.165, 1.54) is 55.2 Å². The van der Waals surface area contributed by atoms with E-state index < -0.39 is 0 Å². The van der Waals surface area contributed by atoms with Crippen molar-refractivity contribution in [1.29, 1.82) is 0 Å². The summed E-state index contributed by atoms with van der Waals surface area (Å²) in [5.41, 5.74) is 3.93. The minimum Gasteiger partial charge on any atom is -0.494 e. The van der Waals surface area contributed by atoms with Gasteiger partial charge in [0.2, 0.25) is 0 Å². The Morgan fingerprint density at radius 1 is 0.893 bits per heavy atom. The first-order valence-corrected chi connectivity index (χ1v) is 10.9. The molecule has 150 valence electrons. The van der Waals surface area contributed by atoms with Gasteiger partial charge in [0.25, 0.3) is 0 Å². The van der Waals surface area contributed by atoms with Crippen molar-refractivity contribution in [2.75, 3.05) is 6.61 Å². The summed E-state index contributed by atoms with van der Waals surface area (Å²) in [6, 6.07) is 17.5. The summed E-state index contributed by atoms with van der Waals surface area (Å²) in [6.07, 6.45) is 11.7. The maximum Gasteiger partial charge on any atom is 0.119 e. The Hall–Kier alpha value is -2.09. The molecular weight excluding hydrogens is 347 g/mol. The number of unbranched alkanes of at least 4 members (excludes halogenated alkanes) is 2. The largest absolute Gasteiger partial charge is 0.494 e. The Labute approximate surface area is 169 Å². The molecule has 2 heteroatoms. The van der Waals surface area contributed by atoms with Crippen LogP contribution in [0.1, 0.15) is 69.8 Å². The van der Waals surface area contributed by atoms with Gasteiger partial charge in [-0.1, -0.05) is 62.2 Å². The topological polar surface area (TPSA) is 9.23 Å². The molecule has 0 spiro atoms. The average molecular weight is 381 g/mol. The summed E-state index contributed by atoms with van der Waals surface area (Å²) in [6.45, 7) is 3.01. The molecule has 0 aliphatic heterocycles. The quantitative estimate of drug-likeness (QED) is 0.400. The molecule has 0 bridgehead atoms. The van der Waals surface area contributed by atoms with Gasteiger partial charge in [-0.15, -0.1) is 0 Å². The Kier molecular flexibility index (Phi) is 8.14. The molecule has 1 aliphatic rings. The van der Waals surface area contributed by atoms with Gasteiger partial charge in [-0.2, -0.15) is 0 Å². The molecule has 0 saturated heterocycles. The second-order valence-corrected chi connectivity index (χ2v) is 8.02. The zero-order valence-electron chi connectivity index (χ0n) is 17.1. The van der Waals surface area contributed by atoms with E-state index in [0.29, 0.717) is 18.2 Å². The van der Waals surface area contributed by atoms with Crippen LogP contribution >= 0.6 is 0 Å². The second-order valence-electron chi connectivity index (χ2n) is 8.02. The van der Waals surface area contributed by atoms with Crippen LogP contribution in [0, 0.1) is 5.92 Å². The second kappa shape index (κ2) is 11.0. The fraction of sp³-hybridized carbons (Fsp3) is 0.462. The van der Waals surface area contributed by atoms with Crippen molar-refractivity contribution >= 4 is 0 Å². The Morgan fingerprint density at radius 3 is 2.14 bits per heavy atom. The van der Waals surface area contributed by atoms with Crippen molar-refractivity contribution in [2.24, 2.45) is 5.92 Å². The molecule has 0 N–H and O–H groups in total. The van der Waals surface area contributed by atoms with Gasteiger partial charge < -0.3 is 4.74 Å². The molecule has 0 amide bonds. The van der Waals surface area contributed by atoms with Gasteiger partial charge >= 0.3 is 0 Å². The maximum atomic E-state index is 12.2. The first kappa shape index (κ1) is 20.6. The first-order chi connectivity index (χ1) is 13.8. The molecule has 1 aliphatic carbocycles. The number of ether oxygens (including phenoxy) is 1. The molecule has 0 atom stereocenters. The van der Waals surface area contributed by atoms with Crippen molar-refractivity contribution in [3.8, 4) is 16.9 Å². The van der Waals surface area contributed by atoms with Gasteiger partial charge in [0.05, 0.1) is 12.9 Å². The number of halogens is 1. The summed E-state index contributed by atoms with van der Waals surface area (Å²) >= 11 is 0. The highest BCUT2D eigenvalue weighted by atomic mass is 19.1. The number of rotatable bonds is 9. The maximum absolute atomic E-state index is 12.2. The Bertz CT molecular complexity index is 709. The van der Waals surface area contributed by atoms with Gasteiger partial charge in [0, 0.05) is 0 Å². The number of benzene rings is 2. The predicted molar refractivity (Wildman–Crippen MR) is 116 cm³/mol. The van der Waals surface area contributed by atoms with E-state index in [0.717, 1.165) is 25.2 Å². The van der Waals surface area contributed by atoms with Crippen LogP contribution in [0.25, 0.3) is 11.1 Å². The average Bonchev–Trinajstić information content (AvgIpc) is 2.76. The summed E-state index contributed by atoms with van der Waals surface area (Å²) in [4.78, 5) is 0. The molecule has 0 heterocycles. The van der Waals surface area contributed by atoms with Crippen LogP contribution in [-0.4, -0.2) is 6.61 Å². The van der Waals surface area contributed by atoms with Crippen LogP contribution in [0.5, 0.6) is 5.75 Å². The SMILES string of the molecule is CCCCCOc1ccc(-c2ccc([C@H]3CC[C@H](C/C=C/F)CC3)cc2)cc1. The molecule has 1 nitrogen and oxygen atoms in total. The fourth-order valence-corrected chi connectivity index (χ4v) is 4.21. The van der Waals surface area contributed by atoms with Crippen LogP contribution in [0.4, 0.5) is 4.39 Å². The van der Waals surface area contributed by atoms with Crippen LogP contribution in [-0.2, 0) is 0 Å². The van der Waals surface area contributed by atoms with Crippen LogP contribution < -0.4 is 4.74 Å². The van der Waals surface area contributed by atoms with E-state index in [2.05, 4.69) is 55.5 Å². The lowest BCUT2D eigenvalue weighted by Gasteiger charge is -2.28. The Morgan fingerprint density at radius 2 is 1.54 bits per heavy atom. The molecule has 0 aromatic heterocycles. The highest BCUT2D eigenvalue weighted by Crippen LogP contribution is 2.37. The fourth-order valence-electron chi connectivity index (χ4n) is 4.21. The summed E-state index contributed by atoms with van der Waals surface area (Å²) < 4.78 is 18.0. The number of hydrogen-bond acceptors (Lipinski definition) is 1. The van der Waals surface area contributed by atoms with Gasteiger partial charge in [-0.3, -0.25) is 0 Å². The van der Waals surface area contributed by atoms with E-state index >= 15 is 0 Å². The Balaban J connectivity index is 1.53. The van der Waals surface area contributed by atoms with Gasteiger partial charge in [0.1, 0.15) is 5.75 Å². The van der Waals surface area contributed by atoms with Gasteiger partial charge in [-0.25, -0.2) is 4.39 Å². The highest BCUT2D eigenvalue weighted by Gasteiger charge is 2.21.